The van der Waals surface area contributed by atoms with Gasteiger partial charge in [0.15, 0.2) is 6.61 Å². The van der Waals surface area contributed by atoms with Crippen molar-refractivity contribution in [1.29, 1.82) is 0 Å². The lowest BCUT2D eigenvalue weighted by atomic mass is 9.90. The van der Waals surface area contributed by atoms with Crippen molar-refractivity contribution in [3.05, 3.63) is 61.7 Å². The number of nitrogens with zero attached hydrogens (tertiary/aromatic N) is 1. The Balaban J connectivity index is 2.15. The Kier molecular flexibility index (Phi) is 6.58. The number of ether oxygens (including phenoxy) is 2. The van der Waals surface area contributed by atoms with Gasteiger partial charge >= 0.3 is 5.97 Å². The van der Waals surface area contributed by atoms with Gasteiger partial charge in [0.1, 0.15) is 11.4 Å². The fourth-order valence-corrected chi connectivity index (χ4v) is 3.09. The van der Waals surface area contributed by atoms with Gasteiger partial charge in [0.05, 0.1) is 23.7 Å². The number of hydrogen-bond donors (Lipinski definition) is 1. The number of nitro benzene ring substituents is 1. The molecule has 1 N–H and O–H groups in total. The highest BCUT2D eigenvalue weighted by atomic mass is 16.6. The number of esters is 1. The van der Waals surface area contributed by atoms with E-state index >= 15 is 0 Å². The fraction of sp³-hybridized carbons (Fsp3) is 0.333. The zero-order chi connectivity index (χ0) is 21.9. The summed E-state index contributed by atoms with van der Waals surface area (Å²) in [4.78, 5) is 35.4. The van der Waals surface area contributed by atoms with Crippen molar-refractivity contribution in [3.8, 4) is 5.75 Å². The molecule has 154 valence electrons. The molecule has 0 spiro atoms. The van der Waals surface area contributed by atoms with Crippen molar-refractivity contribution < 1.29 is 24.0 Å². The number of carbonyl (C=O) groups is 2. The predicted molar refractivity (Wildman–Crippen MR) is 109 cm³/mol. The van der Waals surface area contributed by atoms with Gasteiger partial charge in [-0.1, -0.05) is 0 Å². The first-order chi connectivity index (χ1) is 13.6. The van der Waals surface area contributed by atoms with E-state index in [1.54, 1.807) is 0 Å². The van der Waals surface area contributed by atoms with Gasteiger partial charge in [-0.2, -0.15) is 0 Å². The Morgan fingerprint density at radius 2 is 1.55 bits per heavy atom. The van der Waals surface area contributed by atoms with Crippen LogP contribution in [0.3, 0.4) is 0 Å². The molecular weight excluding hydrogens is 376 g/mol. The van der Waals surface area contributed by atoms with E-state index in [1.165, 1.54) is 25.3 Å². The second kappa shape index (κ2) is 8.72. The van der Waals surface area contributed by atoms with Crippen molar-refractivity contribution >= 4 is 23.3 Å². The van der Waals surface area contributed by atoms with Crippen molar-refractivity contribution in [1.82, 2.24) is 0 Å². The number of anilines is 1. The van der Waals surface area contributed by atoms with Crippen LogP contribution >= 0.6 is 0 Å². The monoisotopic (exact) mass is 400 g/mol. The quantitative estimate of drug-likeness (QED) is 0.447. The Hall–Kier alpha value is -3.42. The van der Waals surface area contributed by atoms with Crippen molar-refractivity contribution in [2.24, 2.45) is 0 Å². The van der Waals surface area contributed by atoms with E-state index in [-0.39, 0.29) is 17.1 Å². The number of nitrogens with one attached hydrogen (secondary N) is 1. The van der Waals surface area contributed by atoms with Gasteiger partial charge < -0.3 is 14.8 Å². The van der Waals surface area contributed by atoms with Crippen LogP contribution in [0, 0.1) is 44.7 Å². The summed E-state index contributed by atoms with van der Waals surface area (Å²) < 4.78 is 10.1. The van der Waals surface area contributed by atoms with E-state index < -0.39 is 23.4 Å². The molecule has 1 amide bonds. The van der Waals surface area contributed by atoms with E-state index in [4.69, 9.17) is 9.47 Å². The molecule has 29 heavy (non-hydrogen) atoms. The second-order valence-electron chi connectivity index (χ2n) is 6.76. The van der Waals surface area contributed by atoms with Crippen molar-refractivity contribution in [2.75, 3.05) is 19.0 Å². The highest BCUT2D eigenvalue weighted by Gasteiger charge is 2.21. The lowest BCUT2D eigenvalue weighted by Crippen LogP contribution is -2.22. The maximum Gasteiger partial charge on any atom is 0.339 e. The van der Waals surface area contributed by atoms with Crippen LogP contribution in [0.4, 0.5) is 11.4 Å². The molecule has 0 aliphatic carbocycles. The maximum absolute atomic E-state index is 12.6. The number of benzene rings is 2. The average molecular weight is 400 g/mol. The predicted octanol–water partition coefficient (Wildman–Crippen LogP) is 3.94. The standard InChI is InChI=1S/C21H24N2O6/c1-11-12(2)14(4)20(15(5)13(11)3)21(25)29-10-19(24)22-17-8-7-16(28-6)9-18(17)23(26)27/h7-9H,10H2,1-6H3,(H,22,24). The molecule has 0 aromatic heterocycles. The zero-order valence-corrected chi connectivity index (χ0v) is 17.3. The number of nitro groups is 1. The van der Waals surface area contributed by atoms with Crippen LogP contribution in [0.15, 0.2) is 18.2 Å². The summed E-state index contributed by atoms with van der Waals surface area (Å²) >= 11 is 0. The molecule has 0 fully saturated rings. The molecular formula is C21H24N2O6. The molecule has 8 nitrogen and oxygen atoms in total. The third-order valence-corrected chi connectivity index (χ3v) is 5.21. The van der Waals surface area contributed by atoms with Gasteiger partial charge in [-0.3, -0.25) is 14.9 Å². The molecule has 0 aliphatic heterocycles. The average Bonchev–Trinajstić information content (AvgIpc) is 2.69. The topological polar surface area (TPSA) is 108 Å². The fourth-order valence-electron chi connectivity index (χ4n) is 3.09. The Morgan fingerprint density at radius 3 is 2.07 bits per heavy atom. The van der Waals surface area contributed by atoms with Crippen LogP contribution in [0.2, 0.25) is 0 Å². The van der Waals surface area contributed by atoms with E-state index in [2.05, 4.69) is 5.32 Å². The molecule has 0 atom stereocenters. The van der Waals surface area contributed by atoms with Crippen molar-refractivity contribution in [2.45, 2.75) is 34.6 Å². The van der Waals surface area contributed by atoms with Gasteiger partial charge in [-0.15, -0.1) is 0 Å². The second-order valence-corrected chi connectivity index (χ2v) is 6.76. The Labute approximate surface area is 169 Å². The van der Waals surface area contributed by atoms with Gasteiger partial charge in [0.2, 0.25) is 0 Å². The first kappa shape index (κ1) is 21.9. The first-order valence-electron chi connectivity index (χ1n) is 8.94. The summed E-state index contributed by atoms with van der Waals surface area (Å²) in [5.41, 5.74) is 4.84. The van der Waals surface area contributed by atoms with Crippen LogP contribution in [0.1, 0.15) is 38.2 Å². The van der Waals surface area contributed by atoms with Gasteiger partial charge in [-0.25, -0.2) is 4.79 Å². The summed E-state index contributed by atoms with van der Waals surface area (Å²) in [7, 11) is 1.38. The molecule has 2 rings (SSSR count). The Bertz CT molecular complexity index is 968. The summed E-state index contributed by atoms with van der Waals surface area (Å²) in [6.45, 7) is 8.98. The van der Waals surface area contributed by atoms with Crippen LogP contribution in [0.25, 0.3) is 0 Å². The summed E-state index contributed by atoms with van der Waals surface area (Å²) in [5.74, 6) is -0.995. The molecule has 0 bridgehead atoms. The highest BCUT2D eigenvalue weighted by Crippen LogP contribution is 2.29. The number of amides is 1. The van der Waals surface area contributed by atoms with Gasteiger partial charge in [-0.05, 0) is 74.6 Å². The summed E-state index contributed by atoms with van der Waals surface area (Å²) in [5, 5.41) is 13.6. The van der Waals surface area contributed by atoms with E-state index in [1.807, 2.05) is 34.6 Å². The SMILES string of the molecule is COc1ccc(NC(=O)COC(=O)c2c(C)c(C)c(C)c(C)c2C)c([N+](=O)[O-])c1. The molecule has 8 heteroatoms. The molecule has 2 aromatic carbocycles. The molecule has 0 aliphatic rings. The molecule has 0 saturated carbocycles. The molecule has 0 unspecified atom stereocenters. The lowest BCUT2D eigenvalue weighted by Gasteiger charge is -2.17. The van der Waals surface area contributed by atoms with Crippen LogP contribution in [-0.4, -0.2) is 30.5 Å². The summed E-state index contributed by atoms with van der Waals surface area (Å²) in [6, 6.07) is 4.04. The van der Waals surface area contributed by atoms with Crippen LogP contribution in [0.5, 0.6) is 5.75 Å². The number of rotatable bonds is 6. The van der Waals surface area contributed by atoms with E-state index in [0.717, 1.165) is 27.8 Å². The minimum atomic E-state index is -0.678. The third kappa shape index (κ3) is 4.53. The number of methoxy groups -OCH3 is 1. The van der Waals surface area contributed by atoms with Gasteiger partial charge in [0.25, 0.3) is 11.6 Å². The Morgan fingerprint density at radius 1 is 1.00 bits per heavy atom. The van der Waals surface area contributed by atoms with E-state index in [9.17, 15) is 19.7 Å². The minimum Gasteiger partial charge on any atom is -0.496 e. The number of carbonyl (C=O) groups excluding carboxylic acids is 2. The highest BCUT2D eigenvalue weighted by molar-refractivity contribution is 5.98. The largest absolute Gasteiger partial charge is 0.496 e. The summed E-state index contributed by atoms with van der Waals surface area (Å²) in [6.07, 6.45) is 0. The zero-order valence-electron chi connectivity index (χ0n) is 17.3. The van der Waals surface area contributed by atoms with Crippen LogP contribution < -0.4 is 10.1 Å². The van der Waals surface area contributed by atoms with E-state index in [0.29, 0.717) is 5.56 Å². The van der Waals surface area contributed by atoms with Crippen molar-refractivity contribution in [3.63, 3.8) is 0 Å². The first-order valence-corrected chi connectivity index (χ1v) is 8.94. The third-order valence-electron chi connectivity index (χ3n) is 5.21. The molecule has 2 aromatic rings. The van der Waals surface area contributed by atoms with Crippen LogP contribution in [-0.2, 0) is 9.53 Å². The normalized spacial score (nSPS) is 10.4. The number of hydrogen-bond acceptors (Lipinski definition) is 6. The minimum absolute atomic E-state index is 0.00812. The molecule has 0 saturated heterocycles. The smallest absolute Gasteiger partial charge is 0.339 e. The molecule has 0 heterocycles. The maximum atomic E-state index is 12.6. The lowest BCUT2D eigenvalue weighted by molar-refractivity contribution is -0.384. The molecule has 0 radical (unpaired) electrons. The van der Waals surface area contributed by atoms with Gasteiger partial charge in [0, 0.05) is 0 Å².